The SMILES string of the molecule is CN1C(=O)Cc2cc(C(=O)COC(=O)Cc3ccc4c(c3)CCCC4)ccc21. The lowest BCUT2D eigenvalue weighted by Crippen LogP contribution is -2.20. The summed E-state index contributed by atoms with van der Waals surface area (Å²) >= 11 is 0. The van der Waals surface area contributed by atoms with Crippen LogP contribution in [0.1, 0.15) is 45.5 Å². The number of carbonyl (C=O) groups is 3. The Morgan fingerprint density at radius 3 is 2.61 bits per heavy atom. The third-order valence-corrected chi connectivity index (χ3v) is 5.60. The summed E-state index contributed by atoms with van der Waals surface area (Å²) in [5.41, 5.74) is 5.75. The quantitative estimate of drug-likeness (QED) is 0.593. The molecule has 2 aliphatic rings. The average Bonchev–Trinajstić information content (AvgIpc) is 2.99. The molecule has 0 saturated carbocycles. The van der Waals surface area contributed by atoms with Crippen LogP contribution in [0.5, 0.6) is 0 Å². The van der Waals surface area contributed by atoms with Gasteiger partial charge >= 0.3 is 5.97 Å². The summed E-state index contributed by atoms with van der Waals surface area (Å²) in [6.45, 7) is -0.285. The van der Waals surface area contributed by atoms with Crippen LogP contribution in [0.15, 0.2) is 36.4 Å². The number of Topliss-reactive ketones (excluding diaryl/α,β-unsaturated/α-hetero) is 1. The minimum absolute atomic E-state index is 0.0103. The Morgan fingerprint density at radius 2 is 1.79 bits per heavy atom. The van der Waals surface area contributed by atoms with Gasteiger partial charge in [0, 0.05) is 18.3 Å². The number of fused-ring (bicyclic) bond motifs is 2. The van der Waals surface area contributed by atoms with E-state index in [-0.39, 0.29) is 24.7 Å². The maximum absolute atomic E-state index is 12.4. The molecule has 0 unspecified atom stereocenters. The molecule has 0 bridgehead atoms. The molecule has 0 aromatic heterocycles. The average molecular weight is 377 g/mol. The number of anilines is 1. The van der Waals surface area contributed by atoms with Gasteiger partial charge in [-0.25, -0.2) is 0 Å². The molecule has 2 aromatic carbocycles. The predicted molar refractivity (Wildman–Crippen MR) is 106 cm³/mol. The molecular weight excluding hydrogens is 354 g/mol. The number of ether oxygens (including phenoxy) is 1. The Hall–Kier alpha value is -2.95. The summed E-state index contributed by atoms with van der Waals surface area (Å²) in [5.74, 6) is -0.653. The van der Waals surface area contributed by atoms with Gasteiger partial charge in [0.2, 0.25) is 5.91 Å². The monoisotopic (exact) mass is 377 g/mol. The second kappa shape index (κ2) is 7.58. The van der Waals surface area contributed by atoms with E-state index in [4.69, 9.17) is 4.74 Å². The number of hydrogen-bond donors (Lipinski definition) is 0. The molecule has 0 saturated heterocycles. The fourth-order valence-electron chi connectivity index (χ4n) is 3.99. The van der Waals surface area contributed by atoms with Crippen LogP contribution in [-0.4, -0.2) is 31.3 Å². The maximum Gasteiger partial charge on any atom is 0.310 e. The third-order valence-electron chi connectivity index (χ3n) is 5.60. The summed E-state index contributed by atoms with van der Waals surface area (Å²) in [6, 6.07) is 11.3. The first-order valence-electron chi connectivity index (χ1n) is 9.70. The van der Waals surface area contributed by atoms with E-state index >= 15 is 0 Å². The van der Waals surface area contributed by atoms with E-state index in [1.54, 1.807) is 30.1 Å². The van der Waals surface area contributed by atoms with Gasteiger partial charge in [-0.1, -0.05) is 18.2 Å². The van der Waals surface area contributed by atoms with Crippen LogP contribution in [0.4, 0.5) is 5.69 Å². The molecule has 144 valence electrons. The molecule has 1 aliphatic heterocycles. The van der Waals surface area contributed by atoms with Crippen LogP contribution in [0, 0.1) is 0 Å². The first kappa shape index (κ1) is 18.4. The Bertz CT molecular complexity index is 963. The molecular formula is C23H23NO4. The standard InChI is InChI=1S/C23H23NO4/c1-24-20-9-8-18(12-19(20)13-22(24)26)21(25)14-28-23(27)11-15-6-7-16-4-2-3-5-17(16)10-15/h6-10,12H,2-5,11,13-14H2,1H3. The van der Waals surface area contributed by atoms with Gasteiger partial charge in [0.1, 0.15) is 0 Å². The van der Waals surface area contributed by atoms with Crippen LogP contribution in [-0.2, 0) is 40.0 Å². The number of benzene rings is 2. The highest BCUT2D eigenvalue weighted by Gasteiger charge is 2.25. The van der Waals surface area contributed by atoms with Gasteiger partial charge in [0.05, 0.1) is 12.8 Å². The van der Waals surface area contributed by atoms with Crippen LogP contribution in [0.3, 0.4) is 0 Å². The van der Waals surface area contributed by atoms with Crippen molar-refractivity contribution in [3.05, 3.63) is 64.2 Å². The molecule has 4 rings (SSSR count). The highest BCUT2D eigenvalue weighted by Crippen LogP contribution is 2.28. The van der Waals surface area contributed by atoms with Crippen molar-refractivity contribution >= 4 is 23.3 Å². The molecule has 0 N–H and O–H groups in total. The van der Waals surface area contributed by atoms with E-state index in [2.05, 4.69) is 12.1 Å². The van der Waals surface area contributed by atoms with Gasteiger partial charge in [0.25, 0.3) is 0 Å². The topological polar surface area (TPSA) is 63.7 Å². The van der Waals surface area contributed by atoms with Crippen molar-refractivity contribution < 1.29 is 19.1 Å². The Kier molecular flexibility index (Phi) is 4.99. The van der Waals surface area contributed by atoms with Gasteiger partial charge < -0.3 is 9.64 Å². The lowest BCUT2D eigenvalue weighted by atomic mass is 9.90. The number of carbonyl (C=O) groups excluding carboxylic acids is 3. The fourth-order valence-corrected chi connectivity index (χ4v) is 3.99. The molecule has 2 aromatic rings. The van der Waals surface area contributed by atoms with Gasteiger partial charge in [-0.3, -0.25) is 14.4 Å². The van der Waals surface area contributed by atoms with E-state index < -0.39 is 5.97 Å². The van der Waals surface area contributed by atoms with E-state index in [1.807, 2.05) is 6.07 Å². The molecule has 0 spiro atoms. The maximum atomic E-state index is 12.4. The summed E-state index contributed by atoms with van der Waals surface area (Å²) < 4.78 is 5.20. The molecule has 5 nitrogen and oxygen atoms in total. The zero-order valence-corrected chi connectivity index (χ0v) is 16.0. The van der Waals surface area contributed by atoms with Gasteiger partial charge in [-0.15, -0.1) is 0 Å². The second-order valence-electron chi connectivity index (χ2n) is 7.54. The van der Waals surface area contributed by atoms with Crippen molar-refractivity contribution in [1.82, 2.24) is 0 Å². The molecule has 5 heteroatoms. The number of nitrogens with zero attached hydrogens (tertiary/aromatic N) is 1. The van der Waals surface area contributed by atoms with Crippen molar-refractivity contribution in [2.75, 3.05) is 18.6 Å². The summed E-state index contributed by atoms with van der Waals surface area (Å²) in [7, 11) is 1.72. The van der Waals surface area contributed by atoms with Crippen molar-refractivity contribution in [2.24, 2.45) is 0 Å². The summed E-state index contributed by atoms with van der Waals surface area (Å²) in [6.07, 6.45) is 5.06. The molecule has 1 amide bonds. The first-order valence-corrected chi connectivity index (χ1v) is 9.70. The number of ketones is 1. The van der Waals surface area contributed by atoms with Crippen molar-refractivity contribution in [3.63, 3.8) is 0 Å². The van der Waals surface area contributed by atoms with Crippen LogP contribution in [0.25, 0.3) is 0 Å². The number of esters is 1. The minimum Gasteiger partial charge on any atom is -0.457 e. The van der Waals surface area contributed by atoms with Crippen molar-refractivity contribution in [3.8, 4) is 0 Å². The smallest absolute Gasteiger partial charge is 0.310 e. The number of likely N-dealkylation sites (N-methyl/N-ethyl adjacent to an activating group) is 1. The lowest BCUT2D eigenvalue weighted by Gasteiger charge is -2.16. The normalized spacial score (nSPS) is 15.2. The zero-order valence-electron chi connectivity index (χ0n) is 16.0. The number of rotatable bonds is 5. The number of hydrogen-bond acceptors (Lipinski definition) is 4. The highest BCUT2D eigenvalue weighted by atomic mass is 16.5. The van der Waals surface area contributed by atoms with Crippen molar-refractivity contribution in [1.29, 1.82) is 0 Å². The molecule has 0 atom stereocenters. The molecule has 0 radical (unpaired) electrons. The minimum atomic E-state index is -0.403. The zero-order chi connectivity index (χ0) is 19.7. The van der Waals surface area contributed by atoms with E-state index in [9.17, 15) is 14.4 Å². The predicted octanol–water partition coefficient (Wildman–Crippen LogP) is 3.05. The van der Waals surface area contributed by atoms with Gasteiger partial charge in [0.15, 0.2) is 12.4 Å². The van der Waals surface area contributed by atoms with E-state index in [0.717, 1.165) is 29.7 Å². The van der Waals surface area contributed by atoms with Gasteiger partial charge in [-0.2, -0.15) is 0 Å². The second-order valence-corrected chi connectivity index (χ2v) is 7.54. The number of amides is 1. The Balaban J connectivity index is 1.34. The lowest BCUT2D eigenvalue weighted by molar-refractivity contribution is -0.141. The third kappa shape index (κ3) is 3.70. The van der Waals surface area contributed by atoms with Crippen LogP contribution < -0.4 is 4.90 Å². The molecule has 1 heterocycles. The number of aryl methyl sites for hydroxylation is 2. The molecule has 28 heavy (non-hydrogen) atoms. The summed E-state index contributed by atoms with van der Waals surface area (Å²) in [5, 5.41) is 0. The molecule has 0 fully saturated rings. The fraction of sp³-hybridized carbons (Fsp3) is 0.348. The van der Waals surface area contributed by atoms with Crippen LogP contribution >= 0.6 is 0 Å². The Labute approximate surface area is 164 Å². The van der Waals surface area contributed by atoms with E-state index in [1.165, 1.54) is 24.0 Å². The van der Waals surface area contributed by atoms with Crippen LogP contribution in [0.2, 0.25) is 0 Å². The highest BCUT2D eigenvalue weighted by molar-refractivity contribution is 6.03. The van der Waals surface area contributed by atoms with Gasteiger partial charge in [-0.05, 0) is 66.1 Å². The van der Waals surface area contributed by atoms with E-state index in [0.29, 0.717) is 12.0 Å². The Morgan fingerprint density at radius 1 is 1.00 bits per heavy atom. The summed E-state index contributed by atoms with van der Waals surface area (Å²) in [4.78, 5) is 37.9. The van der Waals surface area contributed by atoms with Crippen molar-refractivity contribution in [2.45, 2.75) is 38.5 Å². The largest absolute Gasteiger partial charge is 0.457 e. The first-order chi connectivity index (χ1) is 13.5. The molecule has 1 aliphatic carbocycles.